The first-order chi connectivity index (χ1) is 11.3. The molecule has 2 aromatic rings. The number of carbonyl (C=O) groups is 1. The van der Waals surface area contributed by atoms with Crippen LogP contribution < -0.4 is 0 Å². The normalized spacial score (nSPS) is 18.8. The number of hydrogen-bond acceptors (Lipinski definition) is 4. The van der Waals surface area contributed by atoms with Gasteiger partial charge in [0.2, 0.25) is 0 Å². The highest BCUT2D eigenvalue weighted by Gasteiger charge is 2.28. The Bertz CT molecular complexity index is 732. The molecule has 0 N–H and O–H groups in total. The second-order valence-corrected chi connectivity index (χ2v) is 7.63. The van der Waals surface area contributed by atoms with Gasteiger partial charge in [0.1, 0.15) is 5.60 Å². The third-order valence-electron chi connectivity index (χ3n) is 4.23. The van der Waals surface area contributed by atoms with Crippen LogP contribution in [0.15, 0.2) is 18.3 Å². The Morgan fingerprint density at radius 3 is 2.96 bits per heavy atom. The van der Waals surface area contributed by atoms with Crippen LogP contribution in [0.3, 0.4) is 0 Å². The number of fused-ring (bicyclic) bond motifs is 1. The quantitative estimate of drug-likeness (QED) is 0.848. The molecular weight excluding hydrogens is 304 g/mol. The number of ether oxygens (including phenoxy) is 1. The first kappa shape index (κ1) is 16.7. The third-order valence-corrected chi connectivity index (χ3v) is 4.23. The van der Waals surface area contributed by atoms with Gasteiger partial charge in [-0.2, -0.15) is 5.10 Å². The lowest BCUT2D eigenvalue weighted by atomic mass is 9.93. The number of aryl methyl sites for hydroxylation is 1. The van der Waals surface area contributed by atoms with Crippen LogP contribution in [0.5, 0.6) is 0 Å². The summed E-state index contributed by atoms with van der Waals surface area (Å²) < 4.78 is 7.43. The largest absolute Gasteiger partial charge is 0.444 e. The molecule has 0 aliphatic carbocycles. The average Bonchev–Trinajstić information content (AvgIpc) is 2.87. The lowest BCUT2D eigenvalue weighted by molar-refractivity contribution is 0.0165. The minimum Gasteiger partial charge on any atom is -0.444 e. The molecule has 3 heterocycles. The van der Waals surface area contributed by atoms with Crippen molar-refractivity contribution in [1.29, 1.82) is 0 Å². The van der Waals surface area contributed by atoms with Crippen LogP contribution in [0.1, 0.15) is 45.0 Å². The Hall–Kier alpha value is -2.11. The van der Waals surface area contributed by atoms with Gasteiger partial charge in [0.25, 0.3) is 0 Å². The lowest BCUT2D eigenvalue weighted by Gasteiger charge is -2.34. The summed E-state index contributed by atoms with van der Waals surface area (Å²) in [4.78, 5) is 18.5. The number of rotatable bonds is 2. The van der Waals surface area contributed by atoms with Crippen molar-refractivity contribution >= 4 is 11.7 Å². The summed E-state index contributed by atoms with van der Waals surface area (Å²) in [5, 5.41) is 4.53. The fraction of sp³-hybridized carbons (Fsp3) is 0.611. The molecule has 1 aliphatic rings. The standard InChI is InChI=1S/C18H26N4O2/c1-13-10-16-19-8-7-15(22(16)20-13)11-14-6-5-9-21(12-14)17(23)24-18(2,3)4/h7-8,10,14H,5-6,9,11-12H2,1-4H3. The van der Waals surface area contributed by atoms with Crippen molar-refractivity contribution < 1.29 is 9.53 Å². The van der Waals surface area contributed by atoms with Crippen LogP contribution in [0, 0.1) is 12.8 Å². The van der Waals surface area contributed by atoms with Crippen molar-refractivity contribution in [1.82, 2.24) is 19.5 Å². The first-order valence-electron chi connectivity index (χ1n) is 8.60. The predicted octanol–water partition coefficient (Wildman–Crippen LogP) is 3.23. The van der Waals surface area contributed by atoms with Gasteiger partial charge in [-0.15, -0.1) is 0 Å². The molecule has 130 valence electrons. The Labute approximate surface area is 142 Å². The molecule has 0 aromatic carbocycles. The number of amides is 1. The van der Waals surface area contributed by atoms with Gasteiger partial charge in [-0.3, -0.25) is 0 Å². The SMILES string of the molecule is Cc1cc2nccc(CC3CCCN(C(=O)OC(C)(C)C)C3)n2n1. The maximum atomic E-state index is 12.3. The minimum absolute atomic E-state index is 0.206. The zero-order valence-electron chi connectivity index (χ0n) is 15.0. The fourth-order valence-electron chi connectivity index (χ4n) is 3.23. The van der Waals surface area contributed by atoms with Gasteiger partial charge in [0.05, 0.1) is 5.69 Å². The average molecular weight is 330 g/mol. The highest BCUT2D eigenvalue weighted by Crippen LogP contribution is 2.23. The molecule has 0 spiro atoms. The minimum atomic E-state index is -0.451. The van der Waals surface area contributed by atoms with E-state index in [-0.39, 0.29) is 6.09 Å². The highest BCUT2D eigenvalue weighted by molar-refractivity contribution is 5.68. The van der Waals surface area contributed by atoms with E-state index in [0.29, 0.717) is 5.92 Å². The van der Waals surface area contributed by atoms with Crippen LogP contribution in [0.4, 0.5) is 4.79 Å². The molecule has 1 unspecified atom stereocenters. The van der Waals surface area contributed by atoms with Gasteiger partial charge in [-0.05, 0) is 58.9 Å². The summed E-state index contributed by atoms with van der Waals surface area (Å²) in [5.41, 5.74) is 2.54. The number of carbonyl (C=O) groups excluding carboxylic acids is 1. The highest BCUT2D eigenvalue weighted by atomic mass is 16.6. The zero-order valence-corrected chi connectivity index (χ0v) is 15.0. The molecule has 1 fully saturated rings. The van der Waals surface area contributed by atoms with Gasteiger partial charge in [-0.25, -0.2) is 14.3 Å². The van der Waals surface area contributed by atoms with Gasteiger partial charge >= 0.3 is 6.09 Å². The molecule has 1 amide bonds. The maximum Gasteiger partial charge on any atom is 0.410 e. The molecule has 0 radical (unpaired) electrons. The number of likely N-dealkylation sites (tertiary alicyclic amines) is 1. The molecule has 1 aliphatic heterocycles. The van der Waals surface area contributed by atoms with Crippen LogP contribution in [-0.2, 0) is 11.2 Å². The monoisotopic (exact) mass is 330 g/mol. The molecule has 1 atom stereocenters. The lowest BCUT2D eigenvalue weighted by Crippen LogP contribution is -2.43. The Morgan fingerprint density at radius 1 is 1.42 bits per heavy atom. The summed E-state index contributed by atoms with van der Waals surface area (Å²) in [5.74, 6) is 0.418. The second-order valence-electron chi connectivity index (χ2n) is 7.63. The van der Waals surface area contributed by atoms with Gasteiger partial charge in [0, 0.05) is 31.0 Å². The summed E-state index contributed by atoms with van der Waals surface area (Å²) in [6.07, 6.45) is 4.64. The van der Waals surface area contributed by atoms with Crippen LogP contribution >= 0.6 is 0 Å². The number of hydrogen-bond donors (Lipinski definition) is 0. The van der Waals surface area contributed by atoms with Crippen molar-refractivity contribution in [3.8, 4) is 0 Å². The van der Waals surface area contributed by atoms with E-state index in [0.717, 1.165) is 49.4 Å². The van der Waals surface area contributed by atoms with Crippen LogP contribution in [0.25, 0.3) is 5.65 Å². The summed E-state index contributed by atoms with van der Waals surface area (Å²) in [7, 11) is 0. The first-order valence-corrected chi connectivity index (χ1v) is 8.60. The van der Waals surface area contributed by atoms with Gasteiger partial charge < -0.3 is 9.64 Å². The van der Waals surface area contributed by atoms with Crippen molar-refractivity contribution in [3.05, 3.63) is 29.7 Å². The summed E-state index contributed by atoms with van der Waals surface area (Å²) >= 11 is 0. The summed E-state index contributed by atoms with van der Waals surface area (Å²) in [6, 6.07) is 4.00. The molecule has 6 heteroatoms. The Balaban J connectivity index is 1.70. The van der Waals surface area contributed by atoms with E-state index in [1.54, 1.807) is 0 Å². The molecule has 3 rings (SSSR count). The topological polar surface area (TPSA) is 59.7 Å². The summed E-state index contributed by atoms with van der Waals surface area (Å²) in [6.45, 7) is 9.20. The number of aromatic nitrogens is 3. The number of piperidine rings is 1. The van der Waals surface area contributed by atoms with E-state index in [2.05, 4.69) is 10.1 Å². The van der Waals surface area contributed by atoms with E-state index >= 15 is 0 Å². The molecule has 6 nitrogen and oxygen atoms in total. The molecule has 2 aromatic heterocycles. The predicted molar refractivity (Wildman–Crippen MR) is 92.0 cm³/mol. The molecule has 0 bridgehead atoms. The molecule has 0 saturated carbocycles. The van der Waals surface area contributed by atoms with E-state index < -0.39 is 5.60 Å². The van der Waals surface area contributed by atoms with Gasteiger partial charge in [0.15, 0.2) is 5.65 Å². The van der Waals surface area contributed by atoms with Crippen molar-refractivity contribution in [2.75, 3.05) is 13.1 Å². The van der Waals surface area contributed by atoms with E-state index in [9.17, 15) is 4.79 Å². The smallest absolute Gasteiger partial charge is 0.410 e. The third kappa shape index (κ3) is 3.86. The Morgan fingerprint density at radius 2 is 2.21 bits per heavy atom. The van der Waals surface area contributed by atoms with Crippen LogP contribution in [-0.4, -0.2) is 44.3 Å². The van der Waals surface area contributed by atoms with E-state index in [4.69, 9.17) is 4.74 Å². The zero-order chi connectivity index (χ0) is 17.3. The number of nitrogens with zero attached hydrogens (tertiary/aromatic N) is 4. The molecule has 24 heavy (non-hydrogen) atoms. The van der Waals surface area contributed by atoms with Gasteiger partial charge in [-0.1, -0.05) is 0 Å². The molecule has 1 saturated heterocycles. The van der Waals surface area contributed by atoms with E-state index in [1.807, 2.05) is 55.4 Å². The van der Waals surface area contributed by atoms with Crippen molar-refractivity contribution in [3.63, 3.8) is 0 Å². The Kier molecular flexibility index (Phi) is 4.47. The molecular formula is C18H26N4O2. The fourth-order valence-corrected chi connectivity index (χ4v) is 3.23. The second kappa shape index (κ2) is 6.42. The van der Waals surface area contributed by atoms with Crippen molar-refractivity contribution in [2.45, 2.75) is 52.6 Å². The van der Waals surface area contributed by atoms with E-state index in [1.165, 1.54) is 0 Å². The van der Waals surface area contributed by atoms with Crippen LogP contribution in [0.2, 0.25) is 0 Å². The van der Waals surface area contributed by atoms with Crippen molar-refractivity contribution in [2.24, 2.45) is 5.92 Å². The maximum absolute atomic E-state index is 12.3.